The van der Waals surface area contributed by atoms with Gasteiger partial charge in [-0.1, -0.05) is 62.9 Å². The van der Waals surface area contributed by atoms with Crippen LogP contribution in [0.1, 0.15) is 57.6 Å². The molecule has 0 fully saturated rings. The van der Waals surface area contributed by atoms with Gasteiger partial charge in [-0.25, -0.2) is 0 Å². The number of rotatable bonds is 9. The summed E-state index contributed by atoms with van der Waals surface area (Å²) < 4.78 is 5.70. The molecule has 0 radical (unpaired) electrons. The minimum atomic E-state index is -0.399. The minimum Gasteiger partial charge on any atom is -0.390 e. The highest BCUT2D eigenvalue weighted by Gasteiger charge is 2.20. The molecule has 0 heterocycles. The fraction of sp³-hybridized carbons (Fsp3) is 0.625. The summed E-state index contributed by atoms with van der Waals surface area (Å²) in [5, 5.41) is 10.3. The van der Waals surface area contributed by atoms with Crippen molar-refractivity contribution in [1.29, 1.82) is 0 Å². The van der Waals surface area contributed by atoms with E-state index in [9.17, 15) is 5.11 Å². The Kier molecular flexibility index (Phi) is 7.70. The number of aliphatic hydroxyl groups excluding tert-OH is 1. The van der Waals surface area contributed by atoms with Crippen LogP contribution >= 0.6 is 0 Å². The van der Waals surface area contributed by atoms with Crippen LogP contribution < -0.4 is 0 Å². The monoisotopic (exact) mass is 250 g/mol. The van der Waals surface area contributed by atoms with Gasteiger partial charge in [0, 0.05) is 6.61 Å². The van der Waals surface area contributed by atoms with Gasteiger partial charge in [-0.3, -0.25) is 0 Å². The largest absolute Gasteiger partial charge is 0.390 e. The Balaban J connectivity index is 2.50. The lowest BCUT2D eigenvalue weighted by molar-refractivity contribution is -0.0386. The summed E-state index contributed by atoms with van der Waals surface area (Å²) in [5.74, 6) is 0. The van der Waals surface area contributed by atoms with Crippen molar-refractivity contribution >= 4 is 0 Å². The van der Waals surface area contributed by atoms with Crippen LogP contribution in [0.2, 0.25) is 0 Å². The molecule has 2 atom stereocenters. The van der Waals surface area contributed by atoms with Crippen LogP contribution in [0.5, 0.6) is 0 Å². The van der Waals surface area contributed by atoms with E-state index in [0.717, 1.165) is 18.4 Å². The maximum Gasteiger partial charge on any atom is 0.108 e. The Bertz CT molecular complexity index is 297. The summed E-state index contributed by atoms with van der Waals surface area (Å²) in [6.45, 7) is 4.80. The molecule has 0 saturated carbocycles. The number of unbranched alkanes of at least 4 members (excludes halogenated alkanes) is 3. The Hall–Kier alpha value is -0.860. The number of ether oxygens (including phenoxy) is 1. The second kappa shape index (κ2) is 9.12. The smallest absolute Gasteiger partial charge is 0.108 e. The van der Waals surface area contributed by atoms with Crippen molar-refractivity contribution in [2.24, 2.45) is 0 Å². The van der Waals surface area contributed by atoms with Gasteiger partial charge >= 0.3 is 0 Å². The van der Waals surface area contributed by atoms with Gasteiger partial charge in [0.05, 0.1) is 6.10 Å². The maximum atomic E-state index is 10.3. The van der Waals surface area contributed by atoms with Crippen molar-refractivity contribution in [3.8, 4) is 0 Å². The van der Waals surface area contributed by atoms with Crippen molar-refractivity contribution in [2.45, 2.75) is 58.2 Å². The zero-order chi connectivity index (χ0) is 13.2. The zero-order valence-electron chi connectivity index (χ0n) is 11.6. The molecule has 2 nitrogen and oxygen atoms in total. The van der Waals surface area contributed by atoms with E-state index in [2.05, 4.69) is 6.92 Å². The van der Waals surface area contributed by atoms with Crippen LogP contribution in [0.3, 0.4) is 0 Å². The van der Waals surface area contributed by atoms with Crippen LogP contribution in [-0.4, -0.2) is 17.8 Å². The lowest BCUT2D eigenvalue weighted by Gasteiger charge is -2.23. The predicted molar refractivity (Wildman–Crippen MR) is 75.6 cm³/mol. The van der Waals surface area contributed by atoms with E-state index in [1.54, 1.807) is 0 Å². The van der Waals surface area contributed by atoms with E-state index in [1.165, 1.54) is 19.3 Å². The quantitative estimate of drug-likeness (QED) is 0.669. The number of hydrogen-bond donors (Lipinski definition) is 1. The third-order valence-electron chi connectivity index (χ3n) is 3.18. The minimum absolute atomic E-state index is 0.183. The number of hydrogen-bond acceptors (Lipinski definition) is 2. The molecular weight excluding hydrogens is 224 g/mol. The highest BCUT2D eigenvalue weighted by molar-refractivity contribution is 5.18. The van der Waals surface area contributed by atoms with Crippen molar-refractivity contribution < 1.29 is 9.84 Å². The standard InChI is InChI=1S/C16H26O2/c1-3-5-6-10-13-15(17)16(18-4-2)14-11-8-7-9-12-14/h7-9,11-12,15-17H,3-6,10,13H2,1-2H3. The van der Waals surface area contributed by atoms with E-state index < -0.39 is 6.10 Å². The van der Waals surface area contributed by atoms with E-state index >= 15 is 0 Å². The predicted octanol–water partition coefficient (Wildman–Crippen LogP) is 4.10. The van der Waals surface area contributed by atoms with Gasteiger partial charge in [0.25, 0.3) is 0 Å². The second-order valence-electron chi connectivity index (χ2n) is 4.70. The van der Waals surface area contributed by atoms with Gasteiger partial charge in [-0.05, 0) is 18.9 Å². The van der Waals surface area contributed by atoms with E-state index in [4.69, 9.17) is 4.74 Å². The molecule has 0 aromatic heterocycles. The molecule has 2 heteroatoms. The van der Waals surface area contributed by atoms with Crippen LogP contribution in [0.25, 0.3) is 0 Å². The van der Waals surface area contributed by atoms with Crippen LogP contribution in [-0.2, 0) is 4.74 Å². The topological polar surface area (TPSA) is 29.5 Å². The van der Waals surface area contributed by atoms with Crippen molar-refractivity contribution in [1.82, 2.24) is 0 Å². The first-order valence-electron chi connectivity index (χ1n) is 7.14. The van der Waals surface area contributed by atoms with Gasteiger partial charge in [-0.2, -0.15) is 0 Å². The molecule has 0 bridgehead atoms. The van der Waals surface area contributed by atoms with Gasteiger partial charge in [0.15, 0.2) is 0 Å². The van der Waals surface area contributed by atoms with Crippen molar-refractivity contribution in [2.75, 3.05) is 6.61 Å². The summed E-state index contributed by atoms with van der Waals surface area (Å²) in [5.41, 5.74) is 1.07. The average molecular weight is 250 g/mol. The highest BCUT2D eigenvalue weighted by Crippen LogP contribution is 2.24. The molecule has 1 aromatic carbocycles. The second-order valence-corrected chi connectivity index (χ2v) is 4.70. The Morgan fingerprint density at radius 3 is 2.39 bits per heavy atom. The molecule has 102 valence electrons. The molecule has 1 aromatic rings. The molecule has 0 saturated heterocycles. The summed E-state index contributed by atoms with van der Waals surface area (Å²) in [4.78, 5) is 0. The third-order valence-corrected chi connectivity index (χ3v) is 3.18. The first-order valence-corrected chi connectivity index (χ1v) is 7.14. The Labute approximate surface area is 111 Å². The van der Waals surface area contributed by atoms with Gasteiger partial charge < -0.3 is 9.84 Å². The summed E-state index contributed by atoms with van der Waals surface area (Å²) in [6, 6.07) is 10.0. The van der Waals surface area contributed by atoms with E-state index in [-0.39, 0.29) is 6.10 Å². The lowest BCUT2D eigenvalue weighted by atomic mass is 9.99. The molecular formula is C16H26O2. The molecule has 0 amide bonds. The number of aliphatic hydroxyl groups is 1. The summed E-state index contributed by atoms with van der Waals surface area (Å²) in [7, 11) is 0. The van der Waals surface area contributed by atoms with E-state index in [0.29, 0.717) is 6.61 Å². The Morgan fingerprint density at radius 2 is 1.78 bits per heavy atom. The van der Waals surface area contributed by atoms with Crippen molar-refractivity contribution in [3.63, 3.8) is 0 Å². The molecule has 1 N–H and O–H groups in total. The maximum absolute atomic E-state index is 10.3. The van der Waals surface area contributed by atoms with Crippen LogP contribution in [0.15, 0.2) is 30.3 Å². The van der Waals surface area contributed by atoms with E-state index in [1.807, 2.05) is 37.3 Å². The molecule has 0 spiro atoms. The van der Waals surface area contributed by atoms with Gasteiger partial charge in [0.2, 0.25) is 0 Å². The Morgan fingerprint density at radius 1 is 1.06 bits per heavy atom. The summed E-state index contributed by atoms with van der Waals surface area (Å²) in [6.07, 6.45) is 4.98. The zero-order valence-corrected chi connectivity index (χ0v) is 11.6. The average Bonchev–Trinajstić information content (AvgIpc) is 2.41. The number of benzene rings is 1. The van der Waals surface area contributed by atoms with Crippen molar-refractivity contribution in [3.05, 3.63) is 35.9 Å². The fourth-order valence-electron chi connectivity index (χ4n) is 2.18. The van der Waals surface area contributed by atoms with Gasteiger partial charge in [-0.15, -0.1) is 0 Å². The lowest BCUT2D eigenvalue weighted by Crippen LogP contribution is -2.21. The fourth-order valence-corrected chi connectivity index (χ4v) is 2.18. The molecule has 1 rings (SSSR count). The first kappa shape index (κ1) is 15.2. The first-order chi connectivity index (χ1) is 8.79. The molecule has 2 unspecified atom stereocenters. The SMILES string of the molecule is CCCCCCC(O)C(OCC)c1ccccc1. The highest BCUT2D eigenvalue weighted by atomic mass is 16.5. The van der Waals surface area contributed by atoms with Crippen LogP contribution in [0.4, 0.5) is 0 Å². The van der Waals surface area contributed by atoms with Crippen LogP contribution in [0, 0.1) is 0 Å². The molecule has 18 heavy (non-hydrogen) atoms. The third kappa shape index (κ3) is 5.19. The summed E-state index contributed by atoms with van der Waals surface area (Å²) >= 11 is 0. The molecule has 0 aliphatic carbocycles. The normalized spacial score (nSPS) is 14.4. The molecule has 0 aliphatic heterocycles. The molecule has 0 aliphatic rings. The van der Waals surface area contributed by atoms with Gasteiger partial charge in [0.1, 0.15) is 6.10 Å².